The average molecular weight is 376 g/mol. The average Bonchev–Trinajstić information content (AvgIpc) is 2.58. The van der Waals surface area contributed by atoms with E-state index in [1.165, 1.54) is 0 Å². The summed E-state index contributed by atoms with van der Waals surface area (Å²) in [6.07, 6.45) is -1.59. The van der Waals surface area contributed by atoms with E-state index in [4.69, 9.17) is 18.9 Å². The maximum atomic E-state index is 11.7. The van der Waals surface area contributed by atoms with E-state index in [9.17, 15) is 29.4 Å². The van der Waals surface area contributed by atoms with E-state index in [1.807, 2.05) is 0 Å². The summed E-state index contributed by atoms with van der Waals surface area (Å²) in [6.45, 7) is 4.42. The lowest BCUT2D eigenvalue weighted by Crippen LogP contribution is -2.20. The molecule has 26 heavy (non-hydrogen) atoms. The highest BCUT2D eigenvalue weighted by atomic mass is 16.6. The van der Waals surface area contributed by atoms with Crippen LogP contribution >= 0.6 is 0 Å². The van der Waals surface area contributed by atoms with Crippen LogP contribution in [0.1, 0.15) is 26.7 Å². The molecule has 0 aliphatic heterocycles. The van der Waals surface area contributed by atoms with Gasteiger partial charge in [0.1, 0.15) is 13.2 Å². The second-order valence-corrected chi connectivity index (χ2v) is 4.76. The predicted molar refractivity (Wildman–Crippen MR) is 86.4 cm³/mol. The number of rotatable bonds is 14. The molecule has 0 rings (SSSR count). The number of hydrogen-bond donors (Lipinski definition) is 2. The predicted octanol–water partition coefficient (Wildman–Crippen LogP) is 0.392. The Hall–Kier alpha value is -2.46. The van der Waals surface area contributed by atoms with Gasteiger partial charge in [-0.3, -0.25) is 9.59 Å². The first-order valence-electron chi connectivity index (χ1n) is 7.98. The number of carbonyl (C=O) groups excluding carboxylic acids is 2. The number of hydrogen-bond acceptors (Lipinski definition) is 8. The quantitative estimate of drug-likeness (QED) is 0.248. The van der Waals surface area contributed by atoms with Gasteiger partial charge in [-0.05, 0) is 13.8 Å². The van der Waals surface area contributed by atoms with E-state index in [2.05, 4.69) is 0 Å². The van der Waals surface area contributed by atoms with Crippen LogP contribution in [-0.4, -0.2) is 73.7 Å². The lowest BCUT2D eigenvalue weighted by atomic mass is 10.0. The van der Waals surface area contributed by atoms with Gasteiger partial charge in [0.2, 0.25) is 0 Å². The highest BCUT2D eigenvalue weighted by Gasteiger charge is 2.26. The zero-order valence-electron chi connectivity index (χ0n) is 14.8. The Morgan fingerprint density at radius 3 is 1.27 bits per heavy atom. The molecule has 0 atom stereocenters. The highest BCUT2D eigenvalue weighted by Crippen LogP contribution is 2.16. The summed E-state index contributed by atoms with van der Waals surface area (Å²) >= 11 is 0. The summed E-state index contributed by atoms with van der Waals surface area (Å²) in [5.41, 5.74) is -1.47. The van der Waals surface area contributed by atoms with Crippen molar-refractivity contribution in [3.05, 3.63) is 11.1 Å². The minimum absolute atomic E-state index is 0.0958. The Labute approximate surface area is 150 Å². The molecule has 0 saturated heterocycles. The lowest BCUT2D eigenvalue weighted by molar-refractivity contribution is -0.147. The molecule has 10 heteroatoms. The van der Waals surface area contributed by atoms with Gasteiger partial charge in [-0.2, -0.15) is 0 Å². The zero-order chi connectivity index (χ0) is 19.9. The number of carboxylic acids is 2. The fraction of sp³-hybridized carbons (Fsp3) is 0.625. The number of carbonyl (C=O) groups is 4. The van der Waals surface area contributed by atoms with Crippen molar-refractivity contribution in [3.8, 4) is 0 Å². The van der Waals surface area contributed by atoms with Crippen molar-refractivity contribution >= 4 is 23.9 Å². The van der Waals surface area contributed by atoms with Gasteiger partial charge in [-0.15, -0.1) is 0 Å². The third-order valence-electron chi connectivity index (χ3n) is 2.91. The van der Waals surface area contributed by atoms with Crippen molar-refractivity contribution in [2.24, 2.45) is 0 Å². The van der Waals surface area contributed by atoms with Crippen LogP contribution in [0, 0.1) is 0 Å². The van der Waals surface area contributed by atoms with Crippen molar-refractivity contribution in [1.29, 1.82) is 0 Å². The van der Waals surface area contributed by atoms with Crippen LogP contribution in [0.25, 0.3) is 0 Å². The summed E-state index contributed by atoms with van der Waals surface area (Å²) in [7, 11) is 0. The maximum absolute atomic E-state index is 11.7. The van der Waals surface area contributed by atoms with Gasteiger partial charge in [-0.1, -0.05) is 0 Å². The number of carboxylic acid groups (broad SMARTS) is 2. The summed E-state index contributed by atoms with van der Waals surface area (Å²) in [5.74, 6) is -5.14. The summed E-state index contributed by atoms with van der Waals surface area (Å²) < 4.78 is 19.4. The van der Waals surface area contributed by atoms with Gasteiger partial charge in [0.15, 0.2) is 0 Å². The van der Waals surface area contributed by atoms with E-state index in [1.54, 1.807) is 13.8 Å². The first-order chi connectivity index (χ1) is 12.3. The molecule has 0 saturated carbocycles. The van der Waals surface area contributed by atoms with Crippen LogP contribution in [0.5, 0.6) is 0 Å². The molecule has 10 nitrogen and oxygen atoms in total. The van der Waals surface area contributed by atoms with Crippen molar-refractivity contribution in [2.75, 3.05) is 39.6 Å². The molecule has 0 fully saturated rings. The monoisotopic (exact) mass is 376 g/mol. The maximum Gasteiger partial charge on any atom is 0.332 e. The molecule has 0 aliphatic rings. The van der Waals surface area contributed by atoms with Gasteiger partial charge < -0.3 is 29.2 Å². The molecule has 0 radical (unpaired) electrons. The molecule has 0 spiro atoms. The van der Waals surface area contributed by atoms with Crippen molar-refractivity contribution in [1.82, 2.24) is 0 Å². The van der Waals surface area contributed by atoms with Gasteiger partial charge in [0.25, 0.3) is 0 Å². The van der Waals surface area contributed by atoms with Crippen molar-refractivity contribution in [3.63, 3.8) is 0 Å². The zero-order valence-corrected chi connectivity index (χ0v) is 14.8. The van der Waals surface area contributed by atoms with Crippen molar-refractivity contribution < 1.29 is 48.3 Å². The molecule has 0 unspecified atom stereocenters. The SMILES string of the molecule is CCOCCOC(=O)C/C(C(=O)O)=C(/CC(=O)OCCOCC)C(=O)O. The summed E-state index contributed by atoms with van der Waals surface area (Å²) in [4.78, 5) is 46.0. The van der Waals surface area contributed by atoms with Crippen LogP contribution in [0.3, 0.4) is 0 Å². The number of esters is 2. The number of ether oxygens (including phenoxy) is 4. The standard InChI is InChI=1S/C16H24O10/c1-3-23-5-7-25-13(17)9-11(15(19)20)12(16(21)22)10-14(18)26-8-6-24-4-2/h3-10H2,1-2H3,(H,19,20)(H,21,22)/b12-11+. The largest absolute Gasteiger partial charge is 0.478 e. The van der Waals surface area contributed by atoms with Crippen LogP contribution in [-0.2, 0) is 38.1 Å². The molecule has 148 valence electrons. The Bertz CT molecular complexity index is 477. The second kappa shape index (κ2) is 13.8. The van der Waals surface area contributed by atoms with E-state index in [0.29, 0.717) is 13.2 Å². The van der Waals surface area contributed by atoms with Crippen molar-refractivity contribution in [2.45, 2.75) is 26.7 Å². The molecule has 0 aromatic carbocycles. The van der Waals surface area contributed by atoms with Gasteiger partial charge in [0.05, 0.1) is 37.2 Å². The van der Waals surface area contributed by atoms with Crippen LogP contribution in [0.4, 0.5) is 0 Å². The molecule has 0 heterocycles. The normalized spacial score (nSPS) is 11.5. The van der Waals surface area contributed by atoms with Crippen LogP contribution in [0.2, 0.25) is 0 Å². The molecule has 0 aromatic heterocycles. The van der Waals surface area contributed by atoms with E-state index >= 15 is 0 Å². The summed E-state index contributed by atoms with van der Waals surface area (Å²) in [5, 5.41) is 18.4. The van der Waals surface area contributed by atoms with Crippen LogP contribution in [0.15, 0.2) is 11.1 Å². The van der Waals surface area contributed by atoms with Gasteiger partial charge in [0, 0.05) is 13.2 Å². The van der Waals surface area contributed by atoms with Gasteiger partial charge >= 0.3 is 23.9 Å². The molecule has 0 amide bonds. The molecule has 0 aromatic rings. The topological polar surface area (TPSA) is 146 Å². The minimum atomic E-state index is -1.63. The molecule has 0 aliphatic carbocycles. The molecular weight excluding hydrogens is 352 g/mol. The van der Waals surface area contributed by atoms with Crippen LogP contribution < -0.4 is 0 Å². The number of aliphatic carboxylic acids is 2. The first kappa shape index (κ1) is 23.5. The minimum Gasteiger partial charge on any atom is -0.478 e. The molecule has 0 bridgehead atoms. The molecular formula is C16H24O10. The third kappa shape index (κ3) is 10.4. The van der Waals surface area contributed by atoms with E-state index < -0.39 is 47.9 Å². The highest BCUT2D eigenvalue weighted by molar-refractivity contribution is 6.04. The Morgan fingerprint density at radius 1 is 0.654 bits per heavy atom. The first-order valence-corrected chi connectivity index (χ1v) is 7.98. The summed E-state index contributed by atoms with van der Waals surface area (Å²) in [6, 6.07) is 0. The Morgan fingerprint density at radius 2 is 1.00 bits per heavy atom. The van der Waals surface area contributed by atoms with Gasteiger partial charge in [-0.25, -0.2) is 9.59 Å². The smallest absolute Gasteiger partial charge is 0.332 e. The Kier molecular flexibility index (Phi) is 12.5. The fourth-order valence-corrected chi connectivity index (χ4v) is 1.73. The fourth-order valence-electron chi connectivity index (χ4n) is 1.73. The van der Waals surface area contributed by atoms with E-state index in [-0.39, 0.29) is 26.4 Å². The molecule has 2 N–H and O–H groups in total. The third-order valence-corrected chi connectivity index (χ3v) is 2.91. The Balaban J connectivity index is 4.95. The second-order valence-electron chi connectivity index (χ2n) is 4.76. The van der Waals surface area contributed by atoms with E-state index in [0.717, 1.165) is 0 Å². The lowest BCUT2D eigenvalue weighted by Gasteiger charge is -2.10.